The van der Waals surface area contributed by atoms with Crippen LogP contribution in [0, 0.1) is 13.8 Å². The fourth-order valence-electron chi connectivity index (χ4n) is 1.95. The Kier molecular flexibility index (Phi) is 3.41. The Hall–Kier alpha value is -1.05. The first kappa shape index (κ1) is 12.4. The summed E-state index contributed by atoms with van der Waals surface area (Å²) in [6.45, 7) is 6.47. The molecule has 0 spiro atoms. The zero-order valence-corrected chi connectivity index (χ0v) is 12.3. The highest BCUT2D eigenvalue weighted by Gasteiger charge is 2.29. The molecule has 2 rings (SSSR count). The third-order valence-corrected chi connectivity index (χ3v) is 7.49. The van der Waals surface area contributed by atoms with Crippen LogP contribution in [0.15, 0.2) is 48.5 Å². The van der Waals surface area contributed by atoms with Crippen molar-refractivity contribution in [1.29, 1.82) is 0 Å². The van der Waals surface area contributed by atoms with E-state index in [2.05, 4.69) is 62.9 Å². The molecule has 2 aromatic carbocycles. The summed E-state index contributed by atoms with van der Waals surface area (Å²) >= 11 is 6.85. The van der Waals surface area contributed by atoms with Crippen LogP contribution in [-0.2, 0) is 0 Å². The van der Waals surface area contributed by atoms with Crippen molar-refractivity contribution in [3.05, 3.63) is 59.7 Å². The normalized spacial score (nSPS) is 14.4. The first-order chi connectivity index (χ1) is 8.01. The van der Waals surface area contributed by atoms with E-state index in [-0.39, 0.29) is 0 Å². The van der Waals surface area contributed by atoms with Gasteiger partial charge in [0.25, 0.3) is 0 Å². The molecule has 0 saturated carbocycles. The molecule has 0 N–H and O–H groups in total. The molecule has 0 fully saturated rings. The summed E-state index contributed by atoms with van der Waals surface area (Å²) in [5, 5.41) is 2.55. The molecule has 0 amide bonds. The maximum atomic E-state index is 6.85. The molecule has 0 aromatic heterocycles. The minimum absolute atomic E-state index is 1.27. The third kappa shape index (κ3) is 2.45. The molecular weight excluding hydrogens is 244 g/mol. The van der Waals surface area contributed by atoms with E-state index in [1.165, 1.54) is 21.5 Å². The van der Waals surface area contributed by atoms with E-state index >= 15 is 0 Å². The maximum Gasteiger partial charge on any atom is 0.214 e. The van der Waals surface area contributed by atoms with E-state index in [4.69, 9.17) is 11.1 Å². The molecule has 2 aromatic rings. The second-order valence-corrected chi connectivity index (χ2v) is 10.1. The van der Waals surface area contributed by atoms with Crippen molar-refractivity contribution in [3.8, 4) is 0 Å². The fourth-order valence-corrected chi connectivity index (χ4v) is 4.72. The predicted octanol–water partition coefficient (Wildman–Crippen LogP) is 3.23. The van der Waals surface area contributed by atoms with Crippen LogP contribution in [0.25, 0.3) is 0 Å². The van der Waals surface area contributed by atoms with Crippen LogP contribution in [0.4, 0.5) is 0 Å². The lowest BCUT2D eigenvalue weighted by atomic mass is 10.1. The Morgan fingerprint density at radius 2 is 1.47 bits per heavy atom. The largest absolute Gasteiger partial charge is 0.214 e. The van der Waals surface area contributed by atoms with Gasteiger partial charge in [0, 0.05) is 0 Å². The number of halogens is 1. The van der Waals surface area contributed by atoms with Crippen molar-refractivity contribution in [3.63, 3.8) is 0 Å². The van der Waals surface area contributed by atoms with Crippen molar-refractivity contribution in [2.24, 2.45) is 0 Å². The first-order valence-electron chi connectivity index (χ1n) is 5.84. The smallest absolute Gasteiger partial charge is 0.155 e. The van der Waals surface area contributed by atoms with Crippen LogP contribution in [0.2, 0.25) is 6.55 Å². The number of rotatable bonds is 2. The Labute approximate surface area is 109 Å². The quantitative estimate of drug-likeness (QED) is 0.575. The molecular formula is C15H17ClSi. The van der Waals surface area contributed by atoms with Crippen LogP contribution in [-0.4, -0.2) is 7.38 Å². The second kappa shape index (κ2) is 4.67. The topological polar surface area (TPSA) is 0 Å². The van der Waals surface area contributed by atoms with Gasteiger partial charge in [-0.3, -0.25) is 0 Å². The van der Waals surface area contributed by atoms with Crippen LogP contribution in [0.5, 0.6) is 0 Å². The van der Waals surface area contributed by atoms with Crippen molar-refractivity contribution < 1.29 is 0 Å². The second-order valence-electron chi connectivity index (χ2n) is 4.67. The Balaban J connectivity index is 2.48. The van der Waals surface area contributed by atoms with Crippen molar-refractivity contribution in [2.75, 3.05) is 0 Å². The van der Waals surface area contributed by atoms with Crippen LogP contribution < -0.4 is 10.4 Å². The minimum atomic E-state index is -2.04. The van der Waals surface area contributed by atoms with Crippen LogP contribution >= 0.6 is 11.1 Å². The van der Waals surface area contributed by atoms with Crippen LogP contribution in [0.3, 0.4) is 0 Å². The van der Waals surface area contributed by atoms with E-state index in [9.17, 15) is 0 Å². The number of aryl methyl sites for hydroxylation is 2. The van der Waals surface area contributed by atoms with Gasteiger partial charge < -0.3 is 0 Å². The Morgan fingerprint density at radius 1 is 0.824 bits per heavy atom. The summed E-state index contributed by atoms with van der Waals surface area (Å²) in [5.74, 6) is 0. The SMILES string of the molecule is Cc1ccc([Si](C)(Cl)c2ccccc2)cc1C. The van der Waals surface area contributed by atoms with E-state index in [0.717, 1.165) is 0 Å². The molecule has 0 aliphatic carbocycles. The molecule has 0 nitrogen and oxygen atoms in total. The van der Waals surface area contributed by atoms with Gasteiger partial charge in [-0.1, -0.05) is 48.5 Å². The molecule has 1 unspecified atom stereocenters. The lowest BCUT2D eigenvalue weighted by Gasteiger charge is -2.21. The number of hydrogen-bond donors (Lipinski definition) is 0. The van der Waals surface area contributed by atoms with E-state index in [1.54, 1.807) is 0 Å². The van der Waals surface area contributed by atoms with Crippen molar-refractivity contribution in [1.82, 2.24) is 0 Å². The highest BCUT2D eigenvalue weighted by molar-refractivity contribution is 7.33. The van der Waals surface area contributed by atoms with Gasteiger partial charge in [-0.05, 0) is 41.9 Å². The molecule has 0 saturated heterocycles. The average molecular weight is 261 g/mol. The van der Waals surface area contributed by atoms with E-state index in [0.29, 0.717) is 0 Å². The van der Waals surface area contributed by atoms with Gasteiger partial charge in [-0.2, -0.15) is 11.1 Å². The molecule has 0 radical (unpaired) electrons. The van der Waals surface area contributed by atoms with E-state index < -0.39 is 7.38 Å². The summed E-state index contributed by atoms with van der Waals surface area (Å²) in [5.41, 5.74) is 2.64. The summed E-state index contributed by atoms with van der Waals surface area (Å²) in [4.78, 5) is 0. The molecule has 0 bridgehead atoms. The van der Waals surface area contributed by atoms with Gasteiger partial charge in [-0.15, -0.1) is 0 Å². The van der Waals surface area contributed by atoms with E-state index in [1.807, 2.05) is 6.07 Å². The molecule has 1 atom stereocenters. The Morgan fingerprint density at radius 3 is 2.06 bits per heavy atom. The highest BCUT2D eigenvalue weighted by atomic mass is 35.6. The zero-order chi connectivity index (χ0) is 12.5. The molecule has 17 heavy (non-hydrogen) atoms. The molecule has 88 valence electrons. The summed E-state index contributed by atoms with van der Waals surface area (Å²) in [6, 6.07) is 17.0. The monoisotopic (exact) mass is 260 g/mol. The minimum Gasteiger partial charge on any atom is -0.155 e. The average Bonchev–Trinajstić information content (AvgIpc) is 2.33. The van der Waals surface area contributed by atoms with Gasteiger partial charge in [-0.25, -0.2) is 0 Å². The van der Waals surface area contributed by atoms with Crippen LogP contribution in [0.1, 0.15) is 11.1 Å². The third-order valence-electron chi connectivity index (χ3n) is 3.36. The maximum absolute atomic E-state index is 6.85. The lowest BCUT2D eigenvalue weighted by molar-refractivity contribution is 1.35. The molecule has 0 aliphatic rings. The van der Waals surface area contributed by atoms with Gasteiger partial charge in [0.15, 0.2) is 0 Å². The number of benzene rings is 2. The summed E-state index contributed by atoms with van der Waals surface area (Å²) in [7, 11) is -2.04. The standard InChI is InChI=1S/C15H17ClSi/c1-12-9-10-15(11-13(12)2)17(3,16)14-7-5-4-6-8-14/h4-11H,1-3H3. The molecule has 0 aliphatic heterocycles. The highest BCUT2D eigenvalue weighted by Crippen LogP contribution is 2.13. The molecule has 2 heteroatoms. The predicted molar refractivity (Wildman–Crippen MR) is 79.1 cm³/mol. The van der Waals surface area contributed by atoms with Gasteiger partial charge in [0.2, 0.25) is 7.38 Å². The first-order valence-corrected chi connectivity index (χ1v) is 9.35. The van der Waals surface area contributed by atoms with Crippen molar-refractivity contribution >= 4 is 28.8 Å². The molecule has 0 heterocycles. The zero-order valence-electron chi connectivity index (χ0n) is 10.5. The lowest BCUT2D eigenvalue weighted by Crippen LogP contribution is -2.50. The number of hydrogen-bond acceptors (Lipinski definition) is 0. The van der Waals surface area contributed by atoms with Crippen molar-refractivity contribution in [2.45, 2.75) is 20.4 Å². The summed E-state index contributed by atoms with van der Waals surface area (Å²) in [6.07, 6.45) is 0. The summed E-state index contributed by atoms with van der Waals surface area (Å²) < 4.78 is 0. The van der Waals surface area contributed by atoms with Gasteiger partial charge in [0.1, 0.15) is 0 Å². The van der Waals surface area contributed by atoms with Gasteiger partial charge >= 0.3 is 0 Å². The fraction of sp³-hybridized carbons (Fsp3) is 0.200. The Bertz CT molecular complexity index is 518. The van der Waals surface area contributed by atoms with Gasteiger partial charge in [0.05, 0.1) is 0 Å².